The number of rotatable bonds is 3. The standard InChI is InChI=1S/C16H13NO4/c18-15-10-20-14-7-6-12(9-13(14)17-15)21-16(19)8-11-4-2-1-3-5-11/h1-7,9H,8,10H2,(H,17,18). The molecule has 0 aliphatic carbocycles. The first kappa shape index (κ1) is 13.2. The smallest absolute Gasteiger partial charge is 0.315 e. The molecule has 0 spiro atoms. The molecule has 0 fully saturated rings. The van der Waals surface area contributed by atoms with Gasteiger partial charge in [0.25, 0.3) is 5.91 Å². The second-order valence-electron chi connectivity index (χ2n) is 4.63. The molecule has 1 N–H and O–H groups in total. The summed E-state index contributed by atoms with van der Waals surface area (Å²) in [4.78, 5) is 23.1. The van der Waals surface area contributed by atoms with Crippen LogP contribution in [0.25, 0.3) is 0 Å². The summed E-state index contributed by atoms with van der Waals surface area (Å²) in [6.45, 7) is 0.000140. The number of carbonyl (C=O) groups excluding carboxylic acids is 2. The Morgan fingerprint density at radius 3 is 2.81 bits per heavy atom. The molecule has 0 atom stereocenters. The van der Waals surface area contributed by atoms with E-state index in [1.807, 2.05) is 30.3 Å². The summed E-state index contributed by atoms with van der Waals surface area (Å²) in [5, 5.41) is 2.67. The predicted octanol–water partition coefficient (Wildman–Crippen LogP) is 2.17. The van der Waals surface area contributed by atoms with Crippen molar-refractivity contribution >= 4 is 17.6 Å². The number of esters is 1. The van der Waals surface area contributed by atoms with Crippen molar-refractivity contribution in [1.82, 2.24) is 0 Å². The van der Waals surface area contributed by atoms with E-state index in [4.69, 9.17) is 9.47 Å². The van der Waals surface area contributed by atoms with E-state index in [0.29, 0.717) is 17.2 Å². The van der Waals surface area contributed by atoms with Crippen LogP contribution in [0.2, 0.25) is 0 Å². The number of nitrogens with one attached hydrogen (secondary N) is 1. The lowest BCUT2D eigenvalue weighted by Gasteiger charge is -2.18. The maximum absolute atomic E-state index is 11.9. The first-order valence-electron chi connectivity index (χ1n) is 6.52. The largest absolute Gasteiger partial charge is 0.482 e. The molecule has 5 heteroatoms. The van der Waals surface area contributed by atoms with Crippen LogP contribution in [-0.4, -0.2) is 18.5 Å². The summed E-state index contributed by atoms with van der Waals surface area (Å²) in [6, 6.07) is 14.2. The molecular formula is C16H13NO4. The molecule has 0 aromatic heterocycles. The van der Waals surface area contributed by atoms with E-state index in [9.17, 15) is 9.59 Å². The lowest BCUT2D eigenvalue weighted by molar-refractivity contribution is -0.133. The van der Waals surface area contributed by atoms with Crippen LogP contribution in [0.3, 0.4) is 0 Å². The minimum Gasteiger partial charge on any atom is -0.482 e. The number of amides is 1. The number of hydrogen-bond donors (Lipinski definition) is 1. The van der Waals surface area contributed by atoms with Gasteiger partial charge in [-0.1, -0.05) is 30.3 Å². The molecule has 2 aromatic carbocycles. The van der Waals surface area contributed by atoms with E-state index in [-0.39, 0.29) is 24.9 Å². The van der Waals surface area contributed by atoms with Gasteiger partial charge in [-0.25, -0.2) is 0 Å². The van der Waals surface area contributed by atoms with E-state index >= 15 is 0 Å². The van der Waals surface area contributed by atoms with Crippen molar-refractivity contribution in [2.75, 3.05) is 11.9 Å². The molecular weight excluding hydrogens is 270 g/mol. The third-order valence-corrected chi connectivity index (χ3v) is 3.01. The van der Waals surface area contributed by atoms with Crippen molar-refractivity contribution < 1.29 is 19.1 Å². The number of hydrogen-bond acceptors (Lipinski definition) is 4. The summed E-state index contributed by atoms with van der Waals surface area (Å²) in [5.74, 6) is 0.359. The number of anilines is 1. The number of fused-ring (bicyclic) bond motifs is 1. The Labute approximate surface area is 121 Å². The van der Waals surface area contributed by atoms with Crippen molar-refractivity contribution in [1.29, 1.82) is 0 Å². The molecule has 1 aliphatic heterocycles. The normalized spacial score (nSPS) is 12.9. The number of benzene rings is 2. The zero-order valence-corrected chi connectivity index (χ0v) is 11.2. The van der Waals surface area contributed by atoms with Gasteiger partial charge in [0.15, 0.2) is 6.61 Å². The SMILES string of the molecule is O=C1COc2ccc(OC(=O)Cc3ccccc3)cc2N1. The Balaban J connectivity index is 1.69. The first-order chi connectivity index (χ1) is 10.2. The molecule has 21 heavy (non-hydrogen) atoms. The third kappa shape index (κ3) is 3.20. The fraction of sp³-hybridized carbons (Fsp3) is 0.125. The van der Waals surface area contributed by atoms with Crippen molar-refractivity contribution in [3.05, 3.63) is 54.1 Å². The molecule has 1 amide bonds. The second-order valence-corrected chi connectivity index (χ2v) is 4.63. The molecule has 0 radical (unpaired) electrons. The molecule has 1 aliphatic rings. The highest BCUT2D eigenvalue weighted by molar-refractivity contribution is 5.95. The summed E-state index contributed by atoms with van der Waals surface area (Å²) in [5.41, 5.74) is 1.40. The second kappa shape index (κ2) is 5.66. The molecule has 2 aromatic rings. The topological polar surface area (TPSA) is 64.6 Å². The van der Waals surface area contributed by atoms with Crippen LogP contribution in [0.4, 0.5) is 5.69 Å². The maximum atomic E-state index is 11.9. The van der Waals surface area contributed by atoms with Crippen molar-refractivity contribution in [3.8, 4) is 11.5 Å². The van der Waals surface area contributed by atoms with E-state index in [2.05, 4.69) is 5.32 Å². The molecule has 0 bridgehead atoms. The van der Waals surface area contributed by atoms with Crippen LogP contribution < -0.4 is 14.8 Å². The fourth-order valence-corrected chi connectivity index (χ4v) is 2.06. The van der Waals surface area contributed by atoms with Crippen LogP contribution in [-0.2, 0) is 16.0 Å². The fourth-order valence-electron chi connectivity index (χ4n) is 2.06. The maximum Gasteiger partial charge on any atom is 0.315 e. The average Bonchev–Trinajstić information content (AvgIpc) is 2.47. The van der Waals surface area contributed by atoms with Crippen LogP contribution in [0.15, 0.2) is 48.5 Å². The molecule has 1 heterocycles. The Bertz CT molecular complexity index is 682. The summed E-state index contributed by atoms with van der Waals surface area (Å²) < 4.78 is 10.5. The highest BCUT2D eigenvalue weighted by Crippen LogP contribution is 2.31. The van der Waals surface area contributed by atoms with E-state index in [1.54, 1.807) is 18.2 Å². The van der Waals surface area contributed by atoms with Crippen LogP contribution in [0.5, 0.6) is 11.5 Å². The Hall–Kier alpha value is -2.82. The minimum absolute atomic E-state index is 0.000140. The van der Waals surface area contributed by atoms with Crippen LogP contribution >= 0.6 is 0 Å². The molecule has 0 saturated carbocycles. The average molecular weight is 283 g/mol. The molecule has 3 rings (SSSR count). The van der Waals surface area contributed by atoms with Gasteiger partial charge in [-0.3, -0.25) is 9.59 Å². The van der Waals surface area contributed by atoms with Crippen molar-refractivity contribution in [2.24, 2.45) is 0 Å². The number of carbonyl (C=O) groups is 2. The monoisotopic (exact) mass is 283 g/mol. The van der Waals surface area contributed by atoms with Gasteiger partial charge in [-0.05, 0) is 17.7 Å². The van der Waals surface area contributed by atoms with Crippen molar-refractivity contribution in [2.45, 2.75) is 6.42 Å². The third-order valence-electron chi connectivity index (χ3n) is 3.01. The van der Waals surface area contributed by atoms with Crippen LogP contribution in [0, 0.1) is 0 Å². The predicted molar refractivity (Wildman–Crippen MR) is 76.3 cm³/mol. The lowest BCUT2D eigenvalue weighted by atomic mass is 10.1. The molecule has 0 unspecified atom stereocenters. The van der Waals surface area contributed by atoms with E-state index in [0.717, 1.165) is 5.56 Å². The quantitative estimate of drug-likeness (QED) is 0.692. The van der Waals surface area contributed by atoms with Gasteiger partial charge in [0.2, 0.25) is 0 Å². The van der Waals surface area contributed by atoms with Gasteiger partial charge in [-0.2, -0.15) is 0 Å². The molecule has 0 saturated heterocycles. The zero-order valence-electron chi connectivity index (χ0n) is 11.2. The summed E-state index contributed by atoms with van der Waals surface area (Å²) in [6.07, 6.45) is 0.195. The van der Waals surface area contributed by atoms with Gasteiger partial charge in [0.05, 0.1) is 12.1 Å². The van der Waals surface area contributed by atoms with Gasteiger partial charge in [-0.15, -0.1) is 0 Å². The van der Waals surface area contributed by atoms with Gasteiger partial charge in [0, 0.05) is 6.07 Å². The highest BCUT2D eigenvalue weighted by atomic mass is 16.5. The first-order valence-corrected chi connectivity index (χ1v) is 6.52. The highest BCUT2D eigenvalue weighted by Gasteiger charge is 2.17. The van der Waals surface area contributed by atoms with Crippen LogP contribution in [0.1, 0.15) is 5.56 Å². The molecule has 106 valence electrons. The van der Waals surface area contributed by atoms with E-state index in [1.165, 1.54) is 0 Å². The van der Waals surface area contributed by atoms with Crippen molar-refractivity contribution in [3.63, 3.8) is 0 Å². The summed E-state index contributed by atoms with van der Waals surface area (Å²) >= 11 is 0. The zero-order chi connectivity index (χ0) is 14.7. The van der Waals surface area contributed by atoms with E-state index < -0.39 is 0 Å². The minimum atomic E-state index is -0.357. The summed E-state index contributed by atoms with van der Waals surface area (Å²) in [7, 11) is 0. The van der Waals surface area contributed by atoms with Gasteiger partial charge < -0.3 is 14.8 Å². The Kier molecular flexibility index (Phi) is 3.55. The van der Waals surface area contributed by atoms with Gasteiger partial charge >= 0.3 is 5.97 Å². The Morgan fingerprint density at radius 2 is 2.00 bits per heavy atom. The number of ether oxygens (including phenoxy) is 2. The lowest BCUT2D eigenvalue weighted by Crippen LogP contribution is -2.25. The molecule has 5 nitrogen and oxygen atoms in total. The Morgan fingerprint density at radius 1 is 1.19 bits per heavy atom. The van der Waals surface area contributed by atoms with Gasteiger partial charge in [0.1, 0.15) is 11.5 Å².